The second-order valence-corrected chi connectivity index (χ2v) is 10.9. The fourth-order valence-electron chi connectivity index (χ4n) is 5.25. The lowest BCUT2D eigenvalue weighted by molar-refractivity contribution is -0.480. The number of nitrogens with one attached hydrogen (secondary N) is 1. The Morgan fingerprint density at radius 1 is 0.933 bits per heavy atom. The van der Waals surface area contributed by atoms with Crippen molar-refractivity contribution >= 4 is 11.9 Å². The van der Waals surface area contributed by atoms with Crippen LogP contribution >= 0.6 is 0 Å². The van der Waals surface area contributed by atoms with Gasteiger partial charge in [0.15, 0.2) is 18.7 Å². The van der Waals surface area contributed by atoms with Crippen molar-refractivity contribution in [3.8, 4) is 0 Å². The van der Waals surface area contributed by atoms with Crippen molar-refractivity contribution in [1.29, 1.82) is 0 Å². The number of aliphatic hydroxyl groups is 13. The van der Waals surface area contributed by atoms with Gasteiger partial charge in [0, 0.05) is 13.3 Å². The maximum atomic E-state index is 12.6. The van der Waals surface area contributed by atoms with Gasteiger partial charge in [-0.2, -0.15) is 0 Å². The average Bonchev–Trinajstić information content (AvgIpc) is 2.98. The molecule has 0 aromatic heterocycles. The van der Waals surface area contributed by atoms with Crippen LogP contribution in [0.1, 0.15) is 13.3 Å². The van der Waals surface area contributed by atoms with E-state index in [0.717, 1.165) is 6.92 Å². The van der Waals surface area contributed by atoms with Crippen LogP contribution in [0.3, 0.4) is 0 Å². The minimum absolute atomic E-state index is 0.826. The summed E-state index contributed by atoms with van der Waals surface area (Å²) in [5, 5.41) is 147. The number of carbonyl (C=O) groups excluding carboxylic acids is 1. The molecule has 3 saturated heterocycles. The zero-order chi connectivity index (χ0) is 34.2. The van der Waals surface area contributed by atoms with Gasteiger partial charge in [0.1, 0.15) is 48.8 Å². The molecule has 15 N–H and O–H groups in total. The summed E-state index contributed by atoms with van der Waals surface area (Å²) in [4.78, 5) is 24.3. The van der Waals surface area contributed by atoms with Crippen molar-refractivity contribution in [3.05, 3.63) is 0 Å². The number of rotatable bonds is 11. The number of ether oxygens (including phenoxy) is 5. The van der Waals surface area contributed by atoms with Crippen molar-refractivity contribution in [2.45, 2.75) is 110 Å². The zero-order valence-electron chi connectivity index (χ0n) is 23.5. The lowest BCUT2D eigenvalue weighted by Gasteiger charge is -2.54. The molecule has 0 saturated carbocycles. The van der Waals surface area contributed by atoms with Crippen LogP contribution in [0.5, 0.6) is 0 Å². The molecule has 3 fully saturated rings. The lowest BCUT2D eigenvalue weighted by Crippen LogP contribution is -2.76. The molecule has 0 aromatic carbocycles. The van der Waals surface area contributed by atoms with E-state index in [9.17, 15) is 81.1 Å². The number of hydrogen-bond acceptors (Lipinski definition) is 20. The SMILES string of the molecule is CC(=O)N[C@H]1[C@H]([C@H](O)[C@H](O)CO)O[C@@](O[C@@]2(O)[C@@H](O)[C@H](O[C@]3(O)[C@H](O)[C@@H](O)[C@H](O)O[C@@H]3CO)O[C@H](CO)[C@@H]2O)(C(=O)O)C[C@@H]1O. The summed E-state index contributed by atoms with van der Waals surface area (Å²) in [6.45, 7) is -2.59. The Kier molecular flexibility index (Phi) is 11.8. The first-order valence-electron chi connectivity index (χ1n) is 13.4. The van der Waals surface area contributed by atoms with Gasteiger partial charge >= 0.3 is 5.97 Å². The van der Waals surface area contributed by atoms with Crippen LogP contribution in [0, 0.1) is 0 Å². The highest BCUT2D eigenvalue weighted by Gasteiger charge is 2.67. The molecule has 22 heteroatoms. The molecular weight excluding hydrogens is 626 g/mol. The summed E-state index contributed by atoms with van der Waals surface area (Å²) in [5.74, 6) is -13.4. The van der Waals surface area contributed by atoms with Crippen molar-refractivity contribution in [3.63, 3.8) is 0 Å². The first-order chi connectivity index (χ1) is 20.8. The molecule has 0 bridgehead atoms. The minimum atomic E-state index is -3.69. The molecule has 45 heavy (non-hydrogen) atoms. The average molecular weight is 666 g/mol. The Balaban J connectivity index is 2.04. The van der Waals surface area contributed by atoms with E-state index >= 15 is 0 Å². The number of aliphatic carboxylic acids is 1. The second-order valence-electron chi connectivity index (χ2n) is 10.9. The topological polar surface area (TPSA) is 376 Å². The first-order valence-corrected chi connectivity index (χ1v) is 13.4. The number of hydrogen-bond donors (Lipinski definition) is 15. The van der Waals surface area contributed by atoms with Crippen LogP contribution in [-0.4, -0.2) is 200 Å². The molecular formula is C23H39NO21. The number of carboxylic acids is 1. The Morgan fingerprint density at radius 2 is 1.56 bits per heavy atom. The van der Waals surface area contributed by atoms with Gasteiger partial charge in [-0.3, -0.25) is 4.79 Å². The van der Waals surface area contributed by atoms with E-state index in [2.05, 4.69) is 5.32 Å². The molecule has 0 spiro atoms. The maximum Gasteiger partial charge on any atom is 0.364 e. The van der Waals surface area contributed by atoms with Gasteiger partial charge in [-0.25, -0.2) is 4.79 Å². The maximum absolute atomic E-state index is 12.6. The molecule has 0 aliphatic carbocycles. The number of amides is 1. The van der Waals surface area contributed by atoms with Crippen molar-refractivity contribution < 1.29 is 105 Å². The standard InChI is InChI=1S/C23H39NO21/c1-6(28)24-11-7(29)2-21(20(37)38,43-14(11)12(31)8(30)3-25)45-23(40)15(33)9(4-26)41-19(17(23)35)44-22(39)10(5-27)42-18(36)13(32)16(22)34/h7-19,25-27,29-36,39-40H,2-5H2,1H3,(H,24,28)(H,37,38)/t7-,8+,9+,10+,11+,12+,13+,14+,15-,16+,17-,18+,19-,21-,22-,23+/m0/s1. The number of carboxylic acid groups (broad SMARTS) is 1. The summed E-state index contributed by atoms with van der Waals surface area (Å²) >= 11 is 0. The largest absolute Gasteiger partial charge is 0.477 e. The summed E-state index contributed by atoms with van der Waals surface area (Å²) in [6, 6.07) is -1.67. The van der Waals surface area contributed by atoms with Crippen LogP contribution in [-0.2, 0) is 33.3 Å². The molecule has 16 atom stereocenters. The third-order valence-electron chi connectivity index (χ3n) is 7.74. The van der Waals surface area contributed by atoms with E-state index in [0.29, 0.717) is 0 Å². The Hall–Kier alpha value is -1.78. The van der Waals surface area contributed by atoms with Crippen LogP contribution < -0.4 is 5.32 Å². The quantitative estimate of drug-likeness (QED) is 0.0910. The number of carbonyl (C=O) groups is 2. The molecule has 262 valence electrons. The highest BCUT2D eigenvalue weighted by atomic mass is 16.8. The number of aliphatic hydroxyl groups excluding tert-OH is 11. The van der Waals surface area contributed by atoms with Crippen molar-refractivity contribution in [1.82, 2.24) is 5.32 Å². The summed E-state index contributed by atoms with van der Waals surface area (Å²) in [6.07, 6.45) is -28.8. The lowest BCUT2D eigenvalue weighted by atomic mass is 9.87. The molecule has 3 aliphatic heterocycles. The molecule has 3 heterocycles. The summed E-state index contributed by atoms with van der Waals surface area (Å²) in [7, 11) is 0. The zero-order valence-corrected chi connectivity index (χ0v) is 23.5. The third kappa shape index (κ3) is 6.94. The van der Waals surface area contributed by atoms with Crippen LogP contribution in [0.4, 0.5) is 0 Å². The van der Waals surface area contributed by atoms with E-state index in [-0.39, 0.29) is 0 Å². The van der Waals surface area contributed by atoms with E-state index in [1.54, 1.807) is 0 Å². The molecule has 1 amide bonds. The molecule has 3 rings (SSSR count). The van der Waals surface area contributed by atoms with Crippen LogP contribution in [0.2, 0.25) is 0 Å². The van der Waals surface area contributed by atoms with Gasteiger partial charge in [0.05, 0.1) is 32.0 Å². The van der Waals surface area contributed by atoms with Crippen LogP contribution in [0.15, 0.2) is 0 Å². The fourth-order valence-corrected chi connectivity index (χ4v) is 5.25. The fraction of sp³-hybridized carbons (Fsp3) is 0.913. The highest BCUT2D eigenvalue weighted by Crippen LogP contribution is 2.42. The minimum Gasteiger partial charge on any atom is -0.477 e. The van der Waals surface area contributed by atoms with E-state index in [1.165, 1.54) is 0 Å². The van der Waals surface area contributed by atoms with Gasteiger partial charge in [-0.05, 0) is 0 Å². The molecule has 22 nitrogen and oxygen atoms in total. The predicted molar refractivity (Wildman–Crippen MR) is 132 cm³/mol. The van der Waals surface area contributed by atoms with Gasteiger partial charge in [0.25, 0.3) is 5.79 Å². The second kappa shape index (κ2) is 14.1. The highest BCUT2D eigenvalue weighted by molar-refractivity contribution is 5.76. The Bertz CT molecular complexity index is 1030. The molecule has 0 unspecified atom stereocenters. The van der Waals surface area contributed by atoms with E-state index < -0.39 is 135 Å². The normalized spacial score (nSPS) is 47.1. The smallest absolute Gasteiger partial charge is 0.364 e. The van der Waals surface area contributed by atoms with Crippen LogP contribution in [0.25, 0.3) is 0 Å². The monoisotopic (exact) mass is 665 g/mol. The van der Waals surface area contributed by atoms with Crippen molar-refractivity contribution in [2.24, 2.45) is 0 Å². The van der Waals surface area contributed by atoms with Gasteiger partial charge in [-0.1, -0.05) is 0 Å². The Labute approximate surface area is 252 Å². The van der Waals surface area contributed by atoms with Gasteiger partial charge < -0.3 is 100 Å². The van der Waals surface area contributed by atoms with Gasteiger partial charge in [-0.15, -0.1) is 0 Å². The predicted octanol–water partition coefficient (Wildman–Crippen LogP) is -9.58. The molecule has 0 aromatic rings. The van der Waals surface area contributed by atoms with E-state index in [1.807, 2.05) is 0 Å². The van der Waals surface area contributed by atoms with E-state index in [4.69, 9.17) is 23.7 Å². The van der Waals surface area contributed by atoms with Crippen molar-refractivity contribution in [2.75, 3.05) is 19.8 Å². The third-order valence-corrected chi connectivity index (χ3v) is 7.74. The first kappa shape index (κ1) is 37.7. The van der Waals surface area contributed by atoms with Gasteiger partial charge in [0.2, 0.25) is 17.5 Å². The summed E-state index contributed by atoms with van der Waals surface area (Å²) < 4.78 is 25.7. The molecule has 3 aliphatic rings. The molecule has 0 radical (unpaired) electrons. The summed E-state index contributed by atoms with van der Waals surface area (Å²) in [5.41, 5.74) is 0. The Morgan fingerprint density at radius 3 is 2.07 bits per heavy atom.